The van der Waals surface area contributed by atoms with E-state index < -0.39 is 31.5 Å². The van der Waals surface area contributed by atoms with Crippen LogP contribution >= 0.6 is 0 Å². The highest BCUT2D eigenvalue weighted by Crippen LogP contribution is 2.39. The fourth-order valence-corrected chi connectivity index (χ4v) is 7.10. The molecule has 0 atom stereocenters. The zero-order valence-electron chi connectivity index (χ0n) is 28.5. The van der Waals surface area contributed by atoms with Crippen molar-refractivity contribution in [3.8, 4) is 23.0 Å². The number of nitrogens with zero attached hydrogens (tertiary/aromatic N) is 3. The van der Waals surface area contributed by atoms with Crippen LogP contribution in [0.15, 0.2) is 65.7 Å². The second-order valence-corrected chi connectivity index (χ2v) is 27.5. The van der Waals surface area contributed by atoms with Gasteiger partial charge in [-0.05, 0) is 80.5 Å². The third-order valence-corrected chi connectivity index (χ3v) is 16.8. The van der Waals surface area contributed by atoms with E-state index in [9.17, 15) is 8.42 Å². The Hall–Kier alpha value is -2.84. The van der Waals surface area contributed by atoms with Crippen molar-refractivity contribution in [2.75, 3.05) is 6.61 Å². The zero-order chi connectivity index (χ0) is 33.2. The normalized spacial score (nSPS) is 13.1. The summed E-state index contributed by atoms with van der Waals surface area (Å²) in [5, 5.41) is -0.470. The number of aromatic nitrogens is 3. The van der Waals surface area contributed by atoms with Gasteiger partial charge in [0.05, 0.1) is 27.8 Å². The Morgan fingerprint density at radius 2 is 1.64 bits per heavy atom. The lowest BCUT2D eigenvalue weighted by Gasteiger charge is -2.36. The maximum Gasteiger partial charge on any atom is 0.192 e. The maximum absolute atomic E-state index is 12.7. The van der Waals surface area contributed by atoms with Crippen molar-refractivity contribution < 1.29 is 22.3 Å². The van der Waals surface area contributed by atoms with Crippen molar-refractivity contribution in [3.63, 3.8) is 0 Å². The average Bonchev–Trinajstić information content (AvgIpc) is 3.30. The Balaban J connectivity index is 1.79. The summed E-state index contributed by atoms with van der Waals surface area (Å²) in [6.45, 7) is 22.9. The second-order valence-electron chi connectivity index (χ2n) is 14.6. The molecule has 11 heteroatoms. The summed E-state index contributed by atoms with van der Waals surface area (Å²) in [6, 6.07) is 17.5. The van der Waals surface area contributed by atoms with Gasteiger partial charge in [-0.25, -0.2) is 13.4 Å². The largest absolute Gasteiger partial charge is 0.457 e. The van der Waals surface area contributed by atoms with E-state index in [1.807, 2.05) is 24.3 Å². The van der Waals surface area contributed by atoms with E-state index in [1.54, 1.807) is 44.3 Å². The lowest BCUT2D eigenvalue weighted by molar-refractivity contribution is 0.0909. The van der Waals surface area contributed by atoms with Crippen LogP contribution in [0, 0.1) is 0 Å². The van der Waals surface area contributed by atoms with Crippen molar-refractivity contribution in [1.29, 1.82) is 0 Å². The van der Waals surface area contributed by atoms with Crippen LogP contribution in [-0.2, 0) is 32.3 Å². The molecule has 8 nitrogen and oxygen atoms in total. The standard InChI is InChI=1S/C34H49N3O5SSi2/c1-25(2)43(38,39)28-16-14-27(15-17-28)42-32-22-30-31(21-26(32)23-41-45(9,10)34(3,4)5)37(24-40-19-20-44(6,7)8)33(36-30)29-13-11-12-18-35-29/h11-18,21-22,25H,19-20,23-24H2,1-10H3. The highest BCUT2D eigenvalue weighted by Gasteiger charge is 2.37. The van der Waals surface area contributed by atoms with Gasteiger partial charge in [0.15, 0.2) is 24.0 Å². The van der Waals surface area contributed by atoms with E-state index in [1.165, 1.54) is 0 Å². The van der Waals surface area contributed by atoms with Crippen LogP contribution in [0.5, 0.6) is 11.5 Å². The van der Waals surface area contributed by atoms with Gasteiger partial charge in [-0.1, -0.05) is 46.5 Å². The summed E-state index contributed by atoms with van der Waals surface area (Å²) in [4.78, 5) is 9.87. The molecule has 4 rings (SSSR count). The van der Waals surface area contributed by atoms with Crippen LogP contribution in [0.1, 0.15) is 40.2 Å². The Morgan fingerprint density at radius 1 is 0.956 bits per heavy atom. The molecule has 0 radical (unpaired) electrons. The lowest BCUT2D eigenvalue weighted by atomic mass is 10.2. The summed E-state index contributed by atoms with van der Waals surface area (Å²) in [5.74, 6) is 1.86. The molecule has 0 aliphatic rings. The van der Waals surface area contributed by atoms with Gasteiger partial charge in [-0.2, -0.15) is 0 Å². The monoisotopic (exact) mass is 667 g/mol. The number of imidazole rings is 1. The third-order valence-electron chi connectivity index (χ3n) is 8.44. The Bertz CT molecular complexity index is 1710. The average molecular weight is 668 g/mol. The van der Waals surface area contributed by atoms with E-state index in [0.717, 1.165) is 34.2 Å². The third kappa shape index (κ3) is 8.50. The summed E-state index contributed by atoms with van der Waals surface area (Å²) in [7, 11) is -6.73. The van der Waals surface area contributed by atoms with Gasteiger partial charge in [-0.3, -0.25) is 9.55 Å². The van der Waals surface area contributed by atoms with Crippen molar-refractivity contribution in [2.45, 2.75) is 102 Å². The topological polar surface area (TPSA) is 92.5 Å². The molecular weight excluding hydrogens is 619 g/mol. The molecule has 0 aliphatic heterocycles. The number of fused-ring (bicyclic) bond motifs is 1. The molecule has 0 N–H and O–H groups in total. The number of pyridine rings is 1. The first kappa shape index (κ1) is 35.0. The number of rotatable bonds is 13. The number of hydrogen-bond donors (Lipinski definition) is 0. The van der Waals surface area contributed by atoms with E-state index >= 15 is 0 Å². The minimum atomic E-state index is -3.39. The predicted molar refractivity (Wildman–Crippen MR) is 188 cm³/mol. The van der Waals surface area contributed by atoms with Gasteiger partial charge in [0.1, 0.15) is 23.9 Å². The molecule has 2 heterocycles. The zero-order valence-corrected chi connectivity index (χ0v) is 31.3. The van der Waals surface area contributed by atoms with Gasteiger partial charge in [0.25, 0.3) is 0 Å². The molecule has 244 valence electrons. The molecule has 2 aromatic heterocycles. The molecule has 2 aromatic carbocycles. The highest BCUT2D eigenvalue weighted by atomic mass is 32.2. The SMILES string of the molecule is CC(C)S(=O)(=O)c1ccc(Oc2cc3nc(-c4ccccn4)n(COCC[Si](C)(C)C)c3cc2CO[Si](C)(C)C(C)(C)C)cc1. The second kappa shape index (κ2) is 13.5. The van der Waals surface area contributed by atoms with Crippen molar-refractivity contribution >= 4 is 37.3 Å². The summed E-state index contributed by atoms with van der Waals surface area (Å²) in [6.07, 6.45) is 1.77. The van der Waals surface area contributed by atoms with Crippen LogP contribution in [-0.4, -0.2) is 51.2 Å². The summed E-state index contributed by atoms with van der Waals surface area (Å²) in [5.41, 5.74) is 3.28. The fourth-order valence-electron chi connectivity index (χ4n) is 4.33. The Morgan fingerprint density at radius 3 is 2.22 bits per heavy atom. The minimum absolute atomic E-state index is 0.0357. The minimum Gasteiger partial charge on any atom is -0.457 e. The van der Waals surface area contributed by atoms with Crippen LogP contribution in [0.4, 0.5) is 0 Å². The van der Waals surface area contributed by atoms with Crippen molar-refractivity contribution in [3.05, 3.63) is 66.4 Å². The smallest absolute Gasteiger partial charge is 0.192 e. The maximum atomic E-state index is 12.7. The quantitative estimate of drug-likeness (QED) is 0.104. The van der Waals surface area contributed by atoms with Gasteiger partial charge < -0.3 is 13.9 Å². The van der Waals surface area contributed by atoms with Gasteiger partial charge in [0.2, 0.25) is 0 Å². The molecule has 0 saturated carbocycles. The Labute approximate surface area is 271 Å². The van der Waals surface area contributed by atoms with E-state index in [4.69, 9.17) is 18.9 Å². The summed E-state index contributed by atoms with van der Waals surface area (Å²) < 4.78 is 46.8. The van der Waals surface area contributed by atoms with E-state index in [0.29, 0.717) is 31.4 Å². The highest BCUT2D eigenvalue weighted by molar-refractivity contribution is 7.92. The van der Waals surface area contributed by atoms with E-state index in [-0.39, 0.29) is 9.93 Å². The fraction of sp³-hybridized carbons (Fsp3) is 0.471. The lowest BCUT2D eigenvalue weighted by Crippen LogP contribution is -2.40. The molecule has 0 aliphatic carbocycles. The first-order chi connectivity index (χ1) is 20.9. The molecule has 0 fully saturated rings. The van der Waals surface area contributed by atoms with Gasteiger partial charge >= 0.3 is 0 Å². The van der Waals surface area contributed by atoms with Crippen molar-refractivity contribution in [1.82, 2.24) is 14.5 Å². The van der Waals surface area contributed by atoms with Crippen LogP contribution in [0.25, 0.3) is 22.6 Å². The van der Waals surface area contributed by atoms with Crippen LogP contribution < -0.4 is 4.74 Å². The molecule has 0 spiro atoms. The first-order valence-corrected chi connectivity index (χ1v) is 23.7. The number of benzene rings is 2. The number of hydrogen-bond acceptors (Lipinski definition) is 7. The number of sulfone groups is 1. The Kier molecular flexibility index (Phi) is 10.5. The van der Waals surface area contributed by atoms with Crippen molar-refractivity contribution in [2.24, 2.45) is 0 Å². The summed E-state index contributed by atoms with van der Waals surface area (Å²) >= 11 is 0. The molecule has 45 heavy (non-hydrogen) atoms. The molecule has 0 bridgehead atoms. The molecule has 0 saturated heterocycles. The number of ether oxygens (including phenoxy) is 2. The van der Waals surface area contributed by atoms with Crippen LogP contribution in [0.3, 0.4) is 0 Å². The predicted octanol–water partition coefficient (Wildman–Crippen LogP) is 8.91. The van der Waals surface area contributed by atoms with E-state index in [2.05, 4.69) is 69.1 Å². The molecule has 0 amide bonds. The molecule has 4 aromatic rings. The van der Waals surface area contributed by atoms with Gasteiger partial charge in [-0.15, -0.1) is 0 Å². The molecular formula is C34H49N3O5SSi2. The molecule has 0 unspecified atom stereocenters. The van der Waals surface area contributed by atoms with Crippen LogP contribution in [0.2, 0.25) is 43.8 Å². The van der Waals surface area contributed by atoms with Gasteiger partial charge in [0, 0.05) is 32.5 Å². The first-order valence-electron chi connectivity index (χ1n) is 15.6.